The number of ether oxygens (including phenoxy) is 1. The number of hydrogen-bond donors (Lipinski definition) is 1. The first kappa shape index (κ1) is 28.3. The molecule has 2 aliphatic rings. The van der Waals surface area contributed by atoms with Crippen LogP contribution in [0.3, 0.4) is 0 Å². The molecular formula is C26H27F6NO4S. The number of carbonyl (C=O) groups is 1. The highest BCUT2D eigenvalue weighted by molar-refractivity contribution is 7.85. The van der Waals surface area contributed by atoms with Crippen molar-refractivity contribution in [3.63, 3.8) is 0 Å². The lowest BCUT2D eigenvalue weighted by molar-refractivity contribution is -0.157. The first-order chi connectivity index (χ1) is 17.7. The lowest BCUT2D eigenvalue weighted by Gasteiger charge is -2.37. The van der Waals surface area contributed by atoms with Crippen molar-refractivity contribution < 1.29 is 45.2 Å². The van der Waals surface area contributed by atoms with Gasteiger partial charge in [0, 0.05) is 24.6 Å². The Morgan fingerprint density at radius 1 is 1.16 bits per heavy atom. The summed E-state index contributed by atoms with van der Waals surface area (Å²) in [5.41, 5.74) is -4.51. The van der Waals surface area contributed by atoms with Gasteiger partial charge in [0.1, 0.15) is 17.8 Å². The number of hydrogen-bond acceptors (Lipinski definition) is 4. The van der Waals surface area contributed by atoms with Crippen LogP contribution >= 0.6 is 0 Å². The zero-order valence-corrected chi connectivity index (χ0v) is 21.3. The first-order valence-corrected chi connectivity index (χ1v) is 13.3. The standard InChI is InChI=1S/C26H27F6NO4S/c1-24(28,29)11-8-16-14-33(17-6-3-2-4-7-17)19-12-18(26(30,31)32)20(13-21(19)38(36)22(16)27)37-15-25(23(34)35)9-5-10-25/h2-4,6-7,12-13,16,22H,5,8-11,14-15H2,1H3,(H,34,35). The SMILES string of the molecule is CC(F)(F)CCC1CN(c2ccccc2)c2cc(C(F)(F)F)c(OCC3(C(=O)O)CCC3)cc2S(=O)C1F. The highest BCUT2D eigenvalue weighted by Gasteiger charge is 2.47. The van der Waals surface area contributed by atoms with E-state index in [1.165, 1.54) is 4.90 Å². The zero-order valence-electron chi connectivity index (χ0n) is 20.4. The molecular weight excluding hydrogens is 536 g/mol. The number of fused-ring (bicyclic) bond motifs is 1. The second-order valence-electron chi connectivity index (χ2n) is 10.0. The van der Waals surface area contributed by atoms with Crippen LogP contribution in [0.5, 0.6) is 5.75 Å². The topological polar surface area (TPSA) is 66.8 Å². The van der Waals surface area contributed by atoms with E-state index in [2.05, 4.69) is 0 Å². The average molecular weight is 564 g/mol. The number of alkyl halides is 6. The molecule has 3 unspecified atom stereocenters. The number of halogens is 6. The van der Waals surface area contributed by atoms with Crippen LogP contribution in [-0.4, -0.2) is 39.9 Å². The molecule has 2 aromatic rings. The molecule has 2 aromatic carbocycles. The van der Waals surface area contributed by atoms with Crippen molar-refractivity contribution in [3.05, 3.63) is 48.0 Å². The maximum Gasteiger partial charge on any atom is 0.420 e. The fraction of sp³-hybridized carbons (Fsp3) is 0.500. The minimum Gasteiger partial charge on any atom is -0.492 e. The smallest absolute Gasteiger partial charge is 0.420 e. The summed E-state index contributed by atoms with van der Waals surface area (Å²) in [6.45, 7) is -0.130. The summed E-state index contributed by atoms with van der Waals surface area (Å²) in [7, 11) is -2.51. The van der Waals surface area contributed by atoms with Gasteiger partial charge in [0.2, 0.25) is 5.92 Å². The van der Waals surface area contributed by atoms with Gasteiger partial charge in [0.15, 0.2) is 5.50 Å². The van der Waals surface area contributed by atoms with Gasteiger partial charge in [0.25, 0.3) is 0 Å². The van der Waals surface area contributed by atoms with Crippen LogP contribution in [0.4, 0.5) is 37.7 Å². The molecule has 1 saturated carbocycles. The van der Waals surface area contributed by atoms with Gasteiger partial charge in [0.05, 0.1) is 26.9 Å². The van der Waals surface area contributed by atoms with Crippen molar-refractivity contribution in [1.82, 2.24) is 0 Å². The molecule has 1 fully saturated rings. The van der Waals surface area contributed by atoms with Crippen molar-refractivity contribution in [2.24, 2.45) is 11.3 Å². The molecule has 5 nitrogen and oxygen atoms in total. The summed E-state index contributed by atoms with van der Waals surface area (Å²) >= 11 is 0. The van der Waals surface area contributed by atoms with E-state index < -0.39 is 70.0 Å². The Balaban J connectivity index is 1.81. The van der Waals surface area contributed by atoms with E-state index in [1.807, 2.05) is 0 Å². The third-order valence-electron chi connectivity index (χ3n) is 7.16. The van der Waals surface area contributed by atoms with E-state index in [4.69, 9.17) is 4.74 Å². The summed E-state index contributed by atoms with van der Waals surface area (Å²) in [6.07, 6.45) is -4.91. The molecule has 1 N–H and O–H groups in total. The second-order valence-corrected chi connectivity index (χ2v) is 11.5. The number of rotatable bonds is 8. The van der Waals surface area contributed by atoms with Gasteiger partial charge < -0.3 is 14.7 Å². The molecule has 0 radical (unpaired) electrons. The highest BCUT2D eigenvalue weighted by Crippen LogP contribution is 2.48. The van der Waals surface area contributed by atoms with Crippen LogP contribution < -0.4 is 9.64 Å². The van der Waals surface area contributed by atoms with Gasteiger partial charge in [-0.3, -0.25) is 9.00 Å². The second kappa shape index (κ2) is 10.4. The Bertz CT molecular complexity index is 1200. The quantitative estimate of drug-likeness (QED) is 0.353. The van der Waals surface area contributed by atoms with Gasteiger partial charge in [-0.05, 0) is 50.5 Å². The highest BCUT2D eigenvalue weighted by atomic mass is 32.2. The van der Waals surface area contributed by atoms with Crippen LogP contribution in [-0.2, 0) is 21.8 Å². The van der Waals surface area contributed by atoms with Crippen LogP contribution in [0, 0.1) is 11.3 Å². The van der Waals surface area contributed by atoms with Crippen LogP contribution in [0.25, 0.3) is 0 Å². The number of nitrogens with zero attached hydrogens (tertiary/aromatic N) is 1. The summed E-state index contributed by atoms with van der Waals surface area (Å²) in [5.74, 6) is -6.22. The molecule has 1 heterocycles. The molecule has 3 atom stereocenters. The summed E-state index contributed by atoms with van der Waals surface area (Å²) in [4.78, 5) is 12.8. The fourth-order valence-electron chi connectivity index (χ4n) is 4.73. The summed E-state index contributed by atoms with van der Waals surface area (Å²) < 4.78 is 104. The molecule has 12 heteroatoms. The molecule has 4 rings (SSSR count). The molecule has 0 spiro atoms. The molecule has 0 bridgehead atoms. The van der Waals surface area contributed by atoms with E-state index in [9.17, 15) is 36.1 Å². The number of para-hydroxylation sites is 1. The molecule has 38 heavy (non-hydrogen) atoms. The van der Waals surface area contributed by atoms with E-state index in [1.54, 1.807) is 30.3 Å². The maximum atomic E-state index is 15.5. The Morgan fingerprint density at radius 2 is 1.82 bits per heavy atom. The normalized spacial score (nSPS) is 23.2. The van der Waals surface area contributed by atoms with Crippen molar-refractivity contribution in [2.75, 3.05) is 18.1 Å². The van der Waals surface area contributed by atoms with E-state index in [-0.39, 0.29) is 36.4 Å². The molecule has 208 valence electrons. The monoisotopic (exact) mass is 563 g/mol. The van der Waals surface area contributed by atoms with Crippen molar-refractivity contribution in [1.29, 1.82) is 0 Å². The average Bonchev–Trinajstić information content (AvgIpc) is 2.91. The zero-order chi connectivity index (χ0) is 27.9. The molecule has 0 amide bonds. The first-order valence-electron chi connectivity index (χ1n) is 12.1. The Labute approximate surface area is 218 Å². The van der Waals surface area contributed by atoms with Crippen molar-refractivity contribution in [3.8, 4) is 5.75 Å². The number of carboxylic acids is 1. The lowest BCUT2D eigenvalue weighted by Crippen LogP contribution is -2.43. The number of aliphatic carboxylic acids is 1. The molecule has 1 aliphatic carbocycles. The van der Waals surface area contributed by atoms with E-state index in [0.717, 1.165) is 6.07 Å². The van der Waals surface area contributed by atoms with E-state index in [0.29, 0.717) is 25.1 Å². The fourth-order valence-corrected chi connectivity index (χ4v) is 6.14. The van der Waals surface area contributed by atoms with Gasteiger partial charge in [-0.1, -0.05) is 24.6 Å². The lowest BCUT2D eigenvalue weighted by atomic mass is 9.69. The Hall–Kier alpha value is -2.76. The third-order valence-corrected chi connectivity index (χ3v) is 8.71. The Kier molecular flexibility index (Phi) is 7.75. The van der Waals surface area contributed by atoms with Crippen molar-refractivity contribution in [2.45, 2.75) is 61.5 Å². The van der Waals surface area contributed by atoms with Gasteiger partial charge in [-0.2, -0.15) is 13.2 Å². The third kappa shape index (κ3) is 5.79. The molecule has 0 saturated heterocycles. The van der Waals surface area contributed by atoms with Crippen LogP contribution in [0.2, 0.25) is 0 Å². The number of carboxylic acid groups (broad SMARTS) is 1. The van der Waals surface area contributed by atoms with Crippen molar-refractivity contribution >= 4 is 28.1 Å². The van der Waals surface area contributed by atoms with Gasteiger partial charge in [-0.15, -0.1) is 0 Å². The molecule has 0 aromatic heterocycles. The van der Waals surface area contributed by atoms with E-state index >= 15 is 4.39 Å². The molecule has 1 aliphatic heterocycles. The summed E-state index contributed by atoms with van der Waals surface area (Å²) in [6, 6.07) is 9.61. The predicted molar refractivity (Wildman–Crippen MR) is 129 cm³/mol. The summed E-state index contributed by atoms with van der Waals surface area (Å²) in [5, 5.41) is 9.53. The maximum absolute atomic E-state index is 15.5. The number of benzene rings is 2. The number of anilines is 2. The Morgan fingerprint density at radius 3 is 2.34 bits per heavy atom. The largest absolute Gasteiger partial charge is 0.492 e. The minimum absolute atomic E-state index is 0.181. The van der Waals surface area contributed by atoms with Crippen LogP contribution in [0.1, 0.15) is 44.6 Å². The van der Waals surface area contributed by atoms with Gasteiger partial charge in [-0.25, -0.2) is 13.2 Å². The van der Waals surface area contributed by atoms with Crippen LogP contribution in [0.15, 0.2) is 47.4 Å². The van der Waals surface area contributed by atoms with Gasteiger partial charge >= 0.3 is 12.1 Å². The predicted octanol–water partition coefficient (Wildman–Crippen LogP) is 6.95. The minimum atomic E-state index is -4.94.